The van der Waals surface area contributed by atoms with Gasteiger partial charge in [-0.3, -0.25) is 4.79 Å². The molecule has 150 valence electrons. The molecular formula is C21H29N5O2. The van der Waals surface area contributed by atoms with Crippen molar-refractivity contribution in [2.75, 3.05) is 56.2 Å². The van der Waals surface area contributed by atoms with Crippen LogP contribution in [0.2, 0.25) is 0 Å². The zero-order chi connectivity index (χ0) is 19.9. The fraction of sp³-hybridized carbons (Fsp3) is 0.476. The van der Waals surface area contributed by atoms with Crippen LogP contribution in [-0.4, -0.2) is 62.3 Å². The maximum Gasteiger partial charge on any atom is 0.270 e. The molecule has 0 saturated carbocycles. The number of methoxy groups -OCH3 is 1. The summed E-state index contributed by atoms with van der Waals surface area (Å²) in [7, 11) is 1.65. The van der Waals surface area contributed by atoms with Crippen LogP contribution < -0.4 is 15.1 Å². The summed E-state index contributed by atoms with van der Waals surface area (Å²) in [6, 6.07) is 10.4. The zero-order valence-electron chi connectivity index (χ0n) is 16.9. The van der Waals surface area contributed by atoms with Gasteiger partial charge in [0.05, 0.1) is 0 Å². The molecule has 2 aromatic rings. The Morgan fingerprint density at radius 3 is 2.57 bits per heavy atom. The Labute approximate surface area is 166 Å². The van der Waals surface area contributed by atoms with Crippen LogP contribution in [0.1, 0.15) is 28.3 Å². The molecule has 0 aliphatic carbocycles. The normalized spacial score (nSPS) is 14.2. The third-order valence-corrected chi connectivity index (χ3v) is 4.84. The van der Waals surface area contributed by atoms with Gasteiger partial charge in [-0.15, -0.1) is 0 Å². The van der Waals surface area contributed by atoms with E-state index in [1.165, 1.54) is 11.3 Å². The summed E-state index contributed by atoms with van der Waals surface area (Å²) in [4.78, 5) is 25.9. The molecule has 1 aliphatic heterocycles. The topological polar surface area (TPSA) is 70.6 Å². The molecule has 28 heavy (non-hydrogen) atoms. The Bertz CT molecular complexity index is 803. The van der Waals surface area contributed by atoms with Gasteiger partial charge in [0.15, 0.2) is 0 Å². The van der Waals surface area contributed by atoms with Crippen molar-refractivity contribution in [2.45, 2.75) is 20.3 Å². The molecule has 1 aromatic heterocycles. The lowest BCUT2D eigenvalue weighted by Crippen LogP contribution is -2.47. The largest absolute Gasteiger partial charge is 0.385 e. The van der Waals surface area contributed by atoms with E-state index in [4.69, 9.17) is 4.74 Å². The second-order valence-corrected chi connectivity index (χ2v) is 7.07. The van der Waals surface area contributed by atoms with Crippen molar-refractivity contribution in [3.05, 3.63) is 47.4 Å². The van der Waals surface area contributed by atoms with Crippen LogP contribution in [0, 0.1) is 13.8 Å². The van der Waals surface area contributed by atoms with Gasteiger partial charge in [-0.2, -0.15) is 0 Å². The van der Waals surface area contributed by atoms with Crippen molar-refractivity contribution < 1.29 is 9.53 Å². The molecule has 7 heteroatoms. The van der Waals surface area contributed by atoms with Gasteiger partial charge in [-0.05, 0) is 38.0 Å². The van der Waals surface area contributed by atoms with Crippen molar-refractivity contribution in [2.24, 2.45) is 0 Å². The molecule has 2 heterocycles. The van der Waals surface area contributed by atoms with Crippen LogP contribution >= 0.6 is 0 Å². The lowest BCUT2D eigenvalue weighted by molar-refractivity contribution is 0.0943. The molecule has 0 bridgehead atoms. The minimum Gasteiger partial charge on any atom is -0.385 e. The smallest absolute Gasteiger partial charge is 0.270 e. The first-order valence-corrected chi connectivity index (χ1v) is 9.76. The lowest BCUT2D eigenvalue weighted by atomic mass is 10.2. The number of hydrogen-bond donors (Lipinski definition) is 1. The first kappa shape index (κ1) is 20.1. The Balaban J connectivity index is 1.63. The number of aryl methyl sites for hydroxylation is 2. The van der Waals surface area contributed by atoms with Crippen molar-refractivity contribution in [1.29, 1.82) is 0 Å². The summed E-state index contributed by atoms with van der Waals surface area (Å²) >= 11 is 0. The Kier molecular flexibility index (Phi) is 6.81. The third kappa shape index (κ3) is 5.19. The van der Waals surface area contributed by atoms with Gasteiger partial charge in [0, 0.05) is 58.2 Å². The number of aromatic nitrogens is 2. The third-order valence-electron chi connectivity index (χ3n) is 4.84. The maximum absolute atomic E-state index is 12.4. The molecule has 0 spiro atoms. The molecule has 1 saturated heterocycles. The number of nitrogens with one attached hydrogen (secondary N) is 1. The van der Waals surface area contributed by atoms with Crippen molar-refractivity contribution in [3.63, 3.8) is 0 Å². The first-order valence-electron chi connectivity index (χ1n) is 9.76. The highest BCUT2D eigenvalue weighted by atomic mass is 16.5. The summed E-state index contributed by atoms with van der Waals surface area (Å²) in [6.07, 6.45) is 0.778. The van der Waals surface area contributed by atoms with Crippen molar-refractivity contribution >= 4 is 17.4 Å². The predicted octanol–water partition coefficient (Wildman–Crippen LogP) is 2.19. The van der Waals surface area contributed by atoms with Gasteiger partial charge in [0.25, 0.3) is 5.91 Å². The monoisotopic (exact) mass is 383 g/mol. The van der Waals surface area contributed by atoms with Crippen LogP contribution in [-0.2, 0) is 4.74 Å². The number of benzene rings is 1. The number of carbonyl (C=O) groups is 1. The SMILES string of the molecule is COCCCNC(=O)c1cc(N2CCN(c3cccc(C)c3)CC2)nc(C)n1. The van der Waals surface area contributed by atoms with E-state index in [2.05, 4.69) is 56.3 Å². The number of nitrogens with zero attached hydrogens (tertiary/aromatic N) is 4. The number of piperazine rings is 1. The summed E-state index contributed by atoms with van der Waals surface area (Å²) in [5.74, 6) is 1.26. The number of rotatable bonds is 7. The summed E-state index contributed by atoms with van der Waals surface area (Å²) in [5.41, 5.74) is 2.95. The Hall–Kier alpha value is -2.67. The summed E-state index contributed by atoms with van der Waals surface area (Å²) in [5, 5.41) is 2.89. The van der Waals surface area contributed by atoms with Crippen LogP contribution in [0.4, 0.5) is 11.5 Å². The Morgan fingerprint density at radius 2 is 1.86 bits per heavy atom. The highest BCUT2D eigenvalue weighted by molar-refractivity contribution is 5.92. The maximum atomic E-state index is 12.4. The second kappa shape index (κ2) is 9.50. The van der Waals surface area contributed by atoms with E-state index in [1.54, 1.807) is 13.2 Å². The van der Waals surface area contributed by atoms with Gasteiger partial charge in [-0.1, -0.05) is 12.1 Å². The molecule has 1 fully saturated rings. The van der Waals surface area contributed by atoms with E-state index in [0.717, 1.165) is 38.4 Å². The number of anilines is 2. The quantitative estimate of drug-likeness (QED) is 0.739. The zero-order valence-corrected chi connectivity index (χ0v) is 16.9. The lowest BCUT2D eigenvalue weighted by Gasteiger charge is -2.37. The van der Waals surface area contributed by atoms with E-state index in [-0.39, 0.29) is 5.91 Å². The van der Waals surface area contributed by atoms with E-state index in [1.807, 2.05) is 6.92 Å². The molecular weight excluding hydrogens is 354 g/mol. The predicted molar refractivity (Wildman–Crippen MR) is 111 cm³/mol. The Morgan fingerprint density at radius 1 is 1.11 bits per heavy atom. The molecule has 0 unspecified atom stereocenters. The average molecular weight is 383 g/mol. The molecule has 1 N–H and O–H groups in total. The minimum absolute atomic E-state index is 0.166. The molecule has 0 radical (unpaired) electrons. The number of hydrogen-bond acceptors (Lipinski definition) is 6. The number of amides is 1. The molecule has 7 nitrogen and oxygen atoms in total. The van der Waals surface area contributed by atoms with Gasteiger partial charge < -0.3 is 19.9 Å². The number of ether oxygens (including phenoxy) is 1. The van der Waals surface area contributed by atoms with Gasteiger partial charge in [-0.25, -0.2) is 9.97 Å². The van der Waals surface area contributed by atoms with E-state index >= 15 is 0 Å². The van der Waals surface area contributed by atoms with E-state index in [0.29, 0.717) is 24.7 Å². The number of carbonyl (C=O) groups excluding carboxylic acids is 1. The highest BCUT2D eigenvalue weighted by Crippen LogP contribution is 2.20. The fourth-order valence-electron chi connectivity index (χ4n) is 3.36. The van der Waals surface area contributed by atoms with Gasteiger partial charge >= 0.3 is 0 Å². The fourth-order valence-corrected chi connectivity index (χ4v) is 3.36. The summed E-state index contributed by atoms with van der Waals surface area (Å²) < 4.78 is 5.01. The molecule has 0 atom stereocenters. The highest BCUT2D eigenvalue weighted by Gasteiger charge is 2.20. The van der Waals surface area contributed by atoms with Gasteiger partial charge in [0.2, 0.25) is 0 Å². The molecule has 3 rings (SSSR count). The molecule has 1 aliphatic rings. The first-order chi connectivity index (χ1) is 13.6. The van der Waals surface area contributed by atoms with Crippen LogP contribution in [0.5, 0.6) is 0 Å². The van der Waals surface area contributed by atoms with E-state index < -0.39 is 0 Å². The van der Waals surface area contributed by atoms with Gasteiger partial charge in [0.1, 0.15) is 17.3 Å². The van der Waals surface area contributed by atoms with Crippen LogP contribution in [0.3, 0.4) is 0 Å². The summed E-state index contributed by atoms with van der Waals surface area (Å²) in [6.45, 7) is 8.70. The van der Waals surface area contributed by atoms with Crippen LogP contribution in [0.25, 0.3) is 0 Å². The van der Waals surface area contributed by atoms with Crippen molar-refractivity contribution in [1.82, 2.24) is 15.3 Å². The van der Waals surface area contributed by atoms with Crippen molar-refractivity contribution in [3.8, 4) is 0 Å². The molecule has 1 amide bonds. The average Bonchev–Trinajstić information content (AvgIpc) is 2.71. The molecule has 1 aromatic carbocycles. The second-order valence-electron chi connectivity index (χ2n) is 7.07. The van der Waals surface area contributed by atoms with E-state index in [9.17, 15) is 4.79 Å². The van der Waals surface area contributed by atoms with Crippen LogP contribution in [0.15, 0.2) is 30.3 Å². The standard InChI is InChI=1S/C21H29N5O2/c1-16-6-4-7-18(14-16)25-9-11-26(12-10-25)20-15-19(23-17(2)24-20)21(27)22-8-5-13-28-3/h4,6-7,14-15H,5,8-13H2,1-3H3,(H,22,27). The minimum atomic E-state index is -0.166.